The molecule has 1 saturated heterocycles. The number of carbonyl (C=O) groups excluding carboxylic acids is 4. The third kappa shape index (κ3) is 3.59. The van der Waals surface area contributed by atoms with Gasteiger partial charge in [-0.2, -0.15) is 0 Å². The third-order valence-corrected chi connectivity index (χ3v) is 4.41. The fourth-order valence-corrected chi connectivity index (χ4v) is 2.88. The molecule has 6 nitrogen and oxygen atoms in total. The van der Waals surface area contributed by atoms with E-state index in [1.165, 1.54) is 6.08 Å². The fraction of sp³-hybridized carbons (Fsp3) is 0.400. The Balaban J connectivity index is 2.30. The van der Waals surface area contributed by atoms with Gasteiger partial charge in [0.2, 0.25) is 0 Å². The highest BCUT2D eigenvalue weighted by molar-refractivity contribution is 6.45. The first-order valence-electron chi connectivity index (χ1n) is 8.64. The average Bonchev–Trinajstić information content (AvgIpc) is 2.79. The van der Waals surface area contributed by atoms with Crippen molar-refractivity contribution in [1.29, 1.82) is 0 Å². The van der Waals surface area contributed by atoms with Crippen LogP contribution in [0.4, 0.5) is 4.79 Å². The first kappa shape index (κ1) is 19.6. The summed E-state index contributed by atoms with van der Waals surface area (Å²) < 4.78 is 0. The van der Waals surface area contributed by atoms with Crippen molar-refractivity contribution in [2.45, 2.75) is 39.5 Å². The van der Waals surface area contributed by atoms with Gasteiger partial charge in [-0.25, -0.2) is 9.69 Å². The van der Waals surface area contributed by atoms with Gasteiger partial charge in [0.15, 0.2) is 5.78 Å². The number of carbonyl (C=O) groups is 4. The van der Waals surface area contributed by atoms with Crippen LogP contribution in [0.25, 0.3) is 0 Å². The van der Waals surface area contributed by atoms with Gasteiger partial charge >= 0.3 is 17.8 Å². The van der Waals surface area contributed by atoms with Crippen molar-refractivity contribution in [3.63, 3.8) is 0 Å². The van der Waals surface area contributed by atoms with Crippen LogP contribution in [0.3, 0.4) is 0 Å². The second-order valence-electron chi connectivity index (χ2n) is 6.96. The van der Waals surface area contributed by atoms with Crippen molar-refractivity contribution in [3.05, 3.63) is 47.5 Å². The molecule has 0 unspecified atom stereocenters. The molecule has 4 amide bonds. The van der Waals surface area contributed by atoms with E-state index in [1.54, 1.807) is 6.07 Å². The first-order chi connectivity index (χ1) is 12.2. The zero-order valence-corrected chi connectivity index (χ0v) is 15.6. The van der Waals surface area contributed by atoms with E-state index in [-0.39, 0.29) is 18.2 Å². The number of benzene rings is 1. The minimum Gasteiger partial charge on any atom is -0.292 e. The van der Waals surface area contributed by atoms with Crippen molar-refractivity contribution in [3.8, 4) is 0 Å². The first-order valence-corrected chi connectivity index (χ1v) is 8.64. The highest BCUT2D eigenvalue weighted by atomic mass is 16.2. The van der Waals surface area contributed by atoms with E-state index in [9.17, 15) is 19.2 Å². The summed E-state index contributed by atoms with van der Waals surface area (Å²) in [6.07, 6.45) is 1.36. The Hall–Kier alpha value is -2.76. The predicted octanol–water partition coefficient (Wildman–Crippen LogP) is 3.09. The van der Waals surface area contributed by atoms with Gasteiger partial charge in [0.1, 0.15) is 0 Å². The smallest absolute Gasteiger partial charge is 0.292 e. The van der Waals surface area contributed by atoms with Crippen LogP contribution in [0.2, 0.25) is 0 Å². The van der Waals surface area contributed by atoms with E-state index in [1.807, 2.05) is 26.0 Å². The second kappa shape index (κ2) is 7.64. The lowest BCUT2D eigenvalue weighted by Crippen LogP contribution is -2.37. The van der Waals surface area contributed by atoms with Gasteiger partial charge in [-0.1, -0.05) is 52.0 Å². The van der Waals surface area contributed by atoms with Crippen LogP contribution in [-0.4, -0.2) is 46.5 Å². The van der Waals surface area contributed by atoms with Crippen molar-refractivity contribution in [2.75, 3.05) is 13.1 Å². The number of hydrogen-bond donors (Lipinski definition) is 0. The van der Waals surface area contributed by atoms with Crippen molar-refractivity contribution < 1.29 is 19.2 Å². The van der Waals surface area contributed by atoms with Gasteiger partial charge in [-0.3, -0.25) is 19.3 Å². The zero-order chi connectivity index (χ0) is 19.6. The molecule has 0 radical (unpaired) electrons. The van der Waals surface area contributed by atoms with E-state index in [0.29, 0.717) is 16.4 Å². The normalized spacial score (nSPS) is 14.8. The highest BCUT2D eigenvalue weighted by Gasteiger charge is 2.44. The molecular weight excluding hydrogens is 332 g/mol. The lowest BCUT2D eigenvalue weighted by molar-refractivity contribution is -0.142. The number of urea groups is 1. The minimum absolute atomic E-state index is 0.0611. The van der Waals surface area contributed by atoms with Gasteiger partial charge in [-0.05, 0) is 23.0 Å². The minimum atomic E-state index is -0.977. The van der Waals surface area contributed by atoms with Gasteiger partial charge < -0.3 is 0 Å². The number of rotatable bonds is 7. The van der Waals surface area contributed by atoms with Crippen molar-refractivity contribution >= 4 is 23.6 Å². The molecule has 0 spiro atoms. The Bertz CT molecular complexity index is 780. The number of ketones is 1. The molecule has 6 heteroatoms. The molecule has 0 atom stereocenters. The molecule has 0 saturated carbocycles. The Kier molecular flexibility index (Phi) is 5.75. The average molecular weight is 356 g/mol. The molecule has 1 fully saturated rings. The topological polar surface area (TPSA) is 74.8 Å². The van der Waals surface area contributed by atoms with E-state index in [4.69, 9.17) is 0 Å². The lowest BCUT2D eigenvalue weighted by Gasteiger charge is -2.18. The number of nitrogens with zero attached hydrogens (tertiary/aromatic N) is 2. The molecule has 1 aromatic carbocycles. The standard InChI is InChI=1S/C20H24N2O4/c1-6-9-21-18(24)19(25)22(20(21)26)11-17(23)15-8-7-14(12(2)3)10-16(15)13(4)5/h6-8,10,12-13H,1,9,11H2,2-5H3. The molecule has 1 heterocycles. The molecule has 2 rings (SSSR count). The molecule has 1 aromatic rings. The molecule has 0 bridgehead atoms. The quantitative estimate of drug-likeness (QED) is 0.326. The third-order valence-electron chi connectivity index (χ3n) is 4.41. The SMILES string of the molecule is C=CCN1C(=O)C(=O)N(CC(=O)c2ccc(C(C)C)cc2C(C)C)C1=O. The Morgan fingerprint density at radius 2 is 1.65 bits per heavy atom. The van der Waals surface area contributed by atoms with Crippen LogP contribution in [0.1, 0.15) is 61.0 Å². The van der Waals surface area contributed by atoms with Gasteiger partial charge in [0.05, 0.1) is 6.54 Å². The van der Waals surface area contributed by atoms with Gasteiger partial charge in [-0.15, -0.1) is 6.58 Å². The maximum Gasteiger partial charge on any atom is 0.334 e. The van der Waals surface area contributed by atoms with Crippen LogP contribution in [0, 0.1) is 0 Å². The summed E-state index contributed by atoms with van der Waals surface area (Å²) in [5.41, 5.74) is 2.46. The van der Waals surface area contributed by atoms with E-state index in [0.717, 1.165) is 16.0 Å². The molecule has 0 aromatic heterocycles. The number of amides is 4. The Morgan fingerprint density at radius 1 is 1.04 bits per heavy atom. The van der Waals surface area contributed by atoms with E-state index < -0.39 is 24.4 Å². The molecule has 138 valence electrons. The summed E-state index contributed by atoms with van der Waals surface area (Å²) in [5.74, 6) is -1.84. The molecule has 0 N–H and O–H groups in total. The maximum atomic E-state index is 12.8. The van der Waals surface area contributed by atoms with Crippen LogP contribution < -0.4 is 0 Å². The van der Waals surface area contributed by atoms with Crippen molar-refractivity contribution in [2.24, 2.45) is 0 Å². The van der Waals surface area contributed by atoms with Crippen LogP contribution in [0.15, 0.2) is 30.9 Å². The second-order valence-corrected chi connectivity index (χ2v) is 6.96. The van der Waals surface area contributed by atoms with Crippen LogP contribution in [-0.2, 0) is 9.59 Å². The largest absolute Gasteiger partial charge is 0.334 e. The van der Waals surface area contributed by atoms with Gasteiger partial charge in [0, 0.05) is 12.1 Å². The summed E-state index contributed by atoms with van der Waals surface area (Å²) in [7, 11) is 0. The highest BCUT2D eigenvalue weighted by Crippen LogP contribution is 2.26. The van der Waals surface area contributed by atoms with E-state index >= 15 is 0 Å². The lowest BCUT2D eigenvalue weighted by atomic mass is 9.90. The van der Waals surface area contributed by atoms with Crippen LogP contribution in [0.5, 0.6) is 0 Å². The van der Waals surface area contributed by atoms with Crippen LogP contribution >= 0.6 is 0 Å². The number of imide groups is 2. The predicted molar refractivity (Wildman–Crippen MR) is 98.0 cm³/mol. The van der Waals surface area contributed by atoms with E-state index in [2.05, 4.69) is 20.4 Å². The molecular formula is C20H24N2O4. The maximum absolute atomic E-state index is 12.8. The molecule has 26 heavy (non-hydrogen) atoms. The fourth-order valence-electron chi connectivity index (χ4n) is 2.88. The Labute approximate surface area is 153 Å². The van der Waals surface area contributed by atoms with Gasteiger partial charge in [0.25, 0.3) is 0 Å². The number of hydrogen-bond acceptors (Lipinski definition) is 4. The van der Waals surface area contributed by atoms with Crippen molar-refractivity contribution in [1.82, 2.24) is 9.80 Å². The summed E-state index contributed by atoms with van der Waals surface area (Å²) in [4.78, 5) is 50.5. The summed E-state index contributed by atoms with van der Waals surface area (Å²) in [6.45, 7) is 11.1. The summed E-state index contributed by atoms with van der Waals surface area (Å²) >= 11 is 0. The zero-order valence-electron chi connectivity index (χ0n) is 15.6. The molecule has 1 aliphatic heterocycles. The number of Topliss-reactive ketones (excluding diaryl/α,β-unsaturated/α-hetero) is 1. The summed E-state index contributed by atoms with van der Waals surface area (Å²) in [5, 5.41) is 0. The summed E-state index contributed by atoms with van der Waals surface area (Å²) in [6, 6.07) is 4.83. The monoisotopic (exact) mass is 356 g/mol. The molecule has 1 aliphatic rings. The Morgan fingerprint density at radius 3 is 2.19 bits per heavy atom. The molecule has 0 aliphatic carbocycles.